The fourth-order valence-corrected chi connectivity index (χ4v) is 2.31. The van der Waals surface area contributed by atoms with Crippen molar-refractivity contribution in [3.05, 3.63) is 68.8 Å². The Labute approximate surface area is 161 Å². The minimum absolute atomic E-state index is 0. The fourth-order valence-electron chi connectivity index (χ4n) is 2.31. The van der Waals surface area contributed by atoms with Crippen molar-refractivity contribution < 1.29 is 39.3 Å². The zero-order valence-corrected chi connectivity index (χ0v) is 18.6. The molecule has 0 unspecified atom stereocenters. The fraction of sp³-hybridized carbons (Fsp3) is 0.300. The Hall–Kier alpha value is -2.00. The number of aryl methyl sites for hydroxylation is 4. The van der Waals surface area contributed by atoms with Gasteiger partial charge in [0.05, 0.1) is 11.9 Å². The molecule has 0 aliphatic carbocycles. The number of rotatable bonds is 2. The van der Waals surface area contributed by atoms with Crippen LogP contribution in [0.1, 0.15) is 54.1 Å². The maximum absolute atomic E-state index is 10.5. The largest absolute Gasteiger partial charge is 2.00 e. The molecule has 0 aliphatic rings. The molecule has 0 aromatic heterocycles. The minimum Gasteiger partial charge on any atom is -0.545 e. The van der Waals surface area contributed by atoms with Crippen molar-refractivity contribution in [2.24, 2.45) is 0 Å². The van der Waals surface area contributed by atoms with E-state index in [-0.39, 0.29) is 30.6 Å². The summed E-state index contributed by atoms with van der Waals surface area (Å²) in [6.07, 6.45) is 0. The molecule has 0 atom stereocenters. The van der Waals surface area contributed by atoms with Crippen LogP contribution in [0.4, 0.5) is 0 Å². The molecule has 2 aromatic rings. The number of hydrogen-bond donors (Lipinski definition) is 0. The molecule has 0 amide bonds. The molecule has 0 bridgehead atoms. The third-order valence-electron chi connectivity index (χ3n) is 4.33. The number of hydrogen-bond acceptors (Lipinski definition) is 4. The van der Waals surface area contributed by atoms with E-state index in [4.69, 9.17) is 0 Å². The molecule has 0 aliphatic heterocycles. The van der Waals surface area contributed by atoms with Crippen molar-refractivity contribution in [1.29, 1.82) is 0 Å². The Kier molecular flexibility index (Phi) is 8.72. The van der Waals surface area contributed by atoms with Crippen molar-refractivity contribution in [2.75, 3.05) is 0 Å². The monoisotopic (exact) mass is 390 g/mol. The molecule has 25 heavy (non-hydrogen) atoms. The van der Waals surface area contributed by atoms with E-state index in [0.29, 0.717) is 0 Å². The van der Waals surface area contributed by atoms with E-state index < -0.39 is 11.9 Å². The van der Waals surface area contributed by atoms with E-state index in [9.17, 15) is 19.8 Å². The quantitative estimate of drug-likeness (QED) is 0.733. The summed E-state index contributed by atoms with van der Waals surface area (Å²) in [5, 5.41) is 21.0. The Morgan fingerprint density at radius 2 is 0.800 bits per heavy atom. The summed E-state index contributed by atoms with van der Waals surface area (Å²) in [6.45, 7) is 11.5. The van der Waals surface area contributed by atoms with Gasteiger partial charge in [0.1, 0.15) is 0 Å². The minimum atomic E-state index is -1.11. The smallest absolute Gasteiger partial charge is 0.545 e. The first-order valence-electron chi connectivity index (χ1n) is 7.63. The predicted molar refractivity (Wildman–Crippen MR) is 90.0 cm³/mol. The molecular formula is C20H22O4Zn. The molecule has 0 spiro atoms. The topological polar surface area (TPSA) is 80.3 Å². The Morgan fingerprint density at radius 3 is 0.960 bits per heavy atom. The van der Waals surface area contributed by atoms with Crippen molar-refractivity contribution in [2.45, 2.75) is 41.5 Å². The van der Waals surface area contributed by atoms with E-state index in [1.165, 1.54) is 0 Å². The molecule has 128 valence electrons. The Morgan fingerprint density at radius 1 is 0.600 bits per heavy atom. The first-order valence-corrected chi connectivity index (χ1v) is 7.63. The maximum Gasteiger partial charge on any atom is 2.00 e. The molecule has 0 saturated heterocycles. The molecule has 5 heteroatoms. The van der Waals surface area contributed by atoms with Gasteiger partial charge in [-0.05, 0) is 110 Å². The van der Waals surface area contributed by atoms with Gasteiger partial charge in [0.25, 0.3) is 0 Å². The van der Waals surface area contributed by atoms with Crippen LogP contribution >= 0.6 is 0 Å². The molecule has 4 nitrogen and oxygen atoms in total. The number of aromatic carboxylic acids is 2. The molecule has 2 rings (SSSR count). The summed E-state index contributed by atoms with van der Waals surface area (Å²) in [5.74, 6) is -2.22. The zero-order chi connectivity index (χ0) is 18.6. The number of benzene rings is 2. The van der Waals surface area contributed by atoms with Crippen LogP contribution in [-0.2, 0) is 19.5 Å². The number of carboxylic acid groups (broad SMARTS) is 2. The Bertz CT molecular complexity index is 681. The van der Waals surface area contributed by atoms with E-state index in [1.54, 1.807) is 24.3 Å². The van der Waals surface area contributed by atoms with Gasteiger partial charge in [-0.25, -0.2) is 0 Å². The van der Waals surface area contributed by atoms with E-state index in [1.807, 2.05) is 41.5 Å². The van der Waals surface area contributed by atoms with Crippen LogP contribution in [0.25, 0.3) is 0 Å². The standard InChI is InChI=1S/2C10H12O2.Zn/c2*1-6-4-9(10(11)12)5-7(2)8(6)3;/h2*4-5H,1-3H3,(H,11,12);/q;;+2/p-2. The van der Waals surface area contributed by atoms with E-state index in [2.05, 4.69) is 0 Å². The maximum atomic E-state index is 10.5. The van der Waals surface area contributed by atoms with Gasteiger partial charge in [-0.3, -0.25) is 0 Å². The SMILES string of the molecule is Cc1cc(C(=O)[O-])cc(C)c1C.Cc1cc(C(=O)[O-])cc(C)c1C.[Zn+2]. The second-order valence-electron chi connectivity index (χ2n) is 6.04. The first-order chi connectivity index (χ1) is 11.0. The van der Waals surface area contributed by atoms with Crippen molar-refractivity contribution in [1.82, 2.24) is 0 Å². The van der Waals surface area contributed by atoms with Crippen LogP contribution in [-0.4, -0.2) is 11.9 Å². The van der Waals surface area contributed by atoms with Gasteiger partial charge in [0.15, 0.2) is 0 Å². The number of carbonyl (C=O) groups excluding carboxylic acids is 2. The van der Waals surface area contributed by atoms with Crippen LogP contribution in [0.2, 0.25) is 0 Å². The summed E-state index contributed by atoms with van der Waals surface area (Å²) in [6, 6.07) is 6.55. The van der Waals surface area contributed by atoms with Crippen molar-refractivity contribution in [3.8, 4) is 0 Å². The zero-order valence-electron chi connectivity index (χ0n) is 15.6. The van der Waals surface area contributed by atoms with Gasteiger partial charge < -0.3 is 19.8 Å². The van der Waals surface area contributed by atoms with Crippen LogP contribution in [0, 0.1) is 41.5 Å². The van der Waals surface area contributed by atoms with E-state index >= 15 is 0 Å². The van der Waals surface area contributed by atoms with Crippen LogP contribution in [0.5, 0.6) is 0 Å². The van der Waals surface area contributed by atoms with Crippen LogP contribution in [0.3, 0.4) is 0 Å². The molecule has 2 aromatic carbocycles. The average Bonchev–Trinajstić information content (AvgIpc) is 2.49. The molecule has 0 saturated carbocycles. The predicted octanol–water partition coefficient (Wildman–Crippen LogP) is 1.95. The molecule has 0 radical (unpaired) electrons. The second kappa shape index (κ2) is 9.48. The molecular weight excluding hydrogens is 370 g/mol. The van der Waals surface area contributed by atoms with Crippen molar-refractivity contribution in [3.63, 3.8) is 0 Å². The van der Waals surface area contributed by atoms with Gasteiger partial charge >= 0.3 is 19.5 Å². The number of carboxylic acids is 2. The number of carbonyl (C=O) groups is 2. The molecule has 0 fully saturated rings. The normalized spacial score (nSPS) is 9.52. The second-order valence-corrected chi connectivity index (χ2v) is 6.04. The van der Waals surface area contributed by atoms with Crippen molar-refractivity contribution >= 4 is 11.9 Å². The van der Waals surface area contributed by atoms with Gasteiger partial charge in [0.2, 0.25) is 0 Å². The summed E-state index contributed by atoms with van der Waals surface area (Å²) in [4.78, 5) is 21.0. The van der Waals surface area contributed by atoms with Gasteiger partial charge in [-0.15, -0.1) is 0 Å². The average molecular weight is 392 g/mol. The van der Waals surface area contributed by atoms with Crippen LogP contribution in [0.15, 0.2) is 24.3 Å². The summed E-state index contributed by atoms with van der Waals surface area (Å²) >= 11 is 0. The van der Waals surface area contributed by atoms with Gasteiger partial charge in [0, 0.05) is 0 Å². The Balaban J connectivity index is 0.000000443. The summed E-state index contributed by atoms with van der Waals surface area (Å²) in [5.41, 5.74) is 6.78. The van der Waals surface area contributed by atoms with Gasteiger partial charge in [-0.2, -0.15) is 0 Å². The summed E-state index contributed by atoms with van der Waals surface area (Å²) < 4.78 is 0. The molecule has 0 heterocycles. The third-order valence-corrected chi connectivity index (χ3v) is 4.33. The summed E-state index contributed by atoms with van der Waals surface area (Å²) in [7, 11) is 0. The first kappa shape index (κ1) is 23.0. The van der Waals surface area contributed by atoms with Crippen LogP contribution < -0.4 is 10.2 Å². The van der Waals surface area contributed by atoms with Gasteiger partial charge in [-0.1, -0.05) is 0 Å². The third kappa shape index (κ3) is 6.10. The van der Waals surface area contributed by atoms with E-state index in [0.717, 1.165) is 33.4 Å². The molecule has 0 N–H and O–H groups in total.